The van der Waals surface area contributed by atoms with E-state index in [1.165, 1.54) is 0 Å². The first-order valence-electron chi connectivity index (χ1n) is 6.96. The van der Waals surface area contributed by atoms with Crippen molar-refractivity contribution in [1.29, 1.82) is 0 Å². The first-order valence-corrected chi connectivity index (χ1v) is 6.96. The van der Waals surface area contributed by atoms with Crippen LogP contribution in [0.2, 0.25) is 0 Å². The molecule has 3 heterocycles. The highest BCUT2D eigenvalue weighted by Crippen LogP contribution is 2.22. The van der Waals surface area contributed by atoms with Crippen LogP contribution in [0.1, 0.15) is 13.8 Å². The van der Waals surface area contributed by atoms with Crippen molar-refractivity contribution in [3.63, 3.8) is 0 Å². The number of imidazole rings is 1. The fourth-order valence-electron chi connectivity index (χ4n) is 2.72. The maximum atomic E-state index is 5.76. The molecule has 0 amide bonds. The van der Waals surface area contributed by atoms with E-state index in [2.05, 4.69) is 40.8 Å². The molecule has 0 unspecified atom stereocenters. The molecule has 20 heavy (non-hydrogen) atoms. The van der Waals surface area contributed by atoms with E-state index < -0.39 is 0 Å². The van der Waals surface area contributed by atoms with Gasteiger partial charge in [-0.05, 0) is 26.0 Å². The van der Waals surface area contributed by atoms with Crippen molar-refractivity contribution in [3.05, 3.63) is 30.9 Å². The van der Waals surface area contributed by atoms with Crippen LogP contribution in [0.4, 0.5) is 5.69 Å². The summed E-state index contributed by atoms with van der Waals surface area (Å²) in [5, 5.41) is 0. The highest BCUT2D eigenvalue weighted by molar-refractivity contribution is 5.57. The minimum Gasteiger partial charge on any atom is -0.372 e. The molecular formula is C15H20N4O. The Morgan fingerprint density at radius 2 is 1.90 bits per heavy atom. The Morgan fingerprint density at radius 3 is 2.45 bits per heavy atom. The minimum atomic E-state index is 0.260. The van der Waals surface area contributed by atoms with Crippen molar-refractivity contribution in [3.8, 4) is 11.4 Å². The van der Waals surface area contributed by atoms with Crippen molar-refractivity contribution in [1.82, 2.24) is 14.5 Å². The molecule has 0 aliphatic carbocycles. The van der Waals surface area contributed by atoms with Crippen molar-refractivity contribution >= 4 is 5.69 Å². The summed E-state index contributed by atoms with van der Waals surface area (Å²) in [7, 11) is 1.98. The van der Waals surface area contributed by atoms with Gasteiger partial charge in [0.05, 0.1) is 48.0 Å². The number of aromatic nitrogens is 3. The first-order chi connectivity index (χ1) is 9.63. The van der Waals surface area contributed by atoms with Gasteiger partial charge in [0.1, 0.15) is 0 Å². The molecule has 106 valence electrons. The van der Waals surface area contributed by atoms with Crippen LogP contribution < -0.4 is 4.90 Å². The molecule has 2 aromatic heterocycles. The Kier molecular flexibility index (Phi) is 3.44. The zero-order chi connectivity index (χ0) is 14.1. The molecule has 0 aromatic carbocycles. The highest BCUT2D eigenvalue weighted by Gasteiger charge is 2.22. The largest absolute Gasteiger partial charge is 0.372 e. The van der Waals surface area contributed by atoms with Crippen molar-refractivity contribution in [2.45, 2.75) is 26.1 Å². The van der Waals surface area contributed by atoms with Crippen LogP contribution in [0.3, 0.4) is 0 Å². The Morgan fingerprint density at radius 1 is 1.15 bits per heavy atom. The van der Waals surface area contributed by atoms with Crippen LogP contribution in [0.25, 0.3) is 11.4 Å². The van der Waals surface area contributed by atoms with Crippen LogP contribution in [0.15, 0.2) is 30.9 Å². The summed E-state index contributed by atoms with van der Waals surface area (Å²) >= 11 is 0. The average molecular weight is 272 g/mol. The lowest BCUT2D eigenvalue weighted by molar-refractivity contribution is -0.00523. The monoisotopic (exact) mass is 272 g/mol. The smallest absolute Gasteiger partial charge is 0.0948 e. The zero-order valence-electron chi connectivity index (χ0n) is 12.2. The average Bonchev–Trinajstić information content (AvgIpc) is 2.84. The molecule has 1 saturated heterocycles. The normalized spacial score (nSPS) is 23.1. The second kappa shape index (κ2) is 5.25. The molecule has 0 spiro atoms. The zero-order valence-corrected chi connectivity index (χ0v) is 12.2. The molecule has 2 atom stereocenters. The molecule has 0 bridgehead atoms. The standard InChI is InChI=1S/C15H20N4O/c1-11-8-19(9-12(2)20-11)13-4-5-14(17-6-13)15-7-16-10-18(15)3/h4-7,10-12H,8-9H2,1-3H3/t11-,12+. The Labute approximate surface area is 119 Å². The highest BCUT2D eigenvalue weighted by atomic mass is 16.5. The van der Waals surface area contributed by atoms with Crippen molar-refractivity contribution < 1.29 is 4.74 Å². The number of rotatable bonds is 2. The molecule has 3 rings (SSSR count). The van der Waals surface area contributed by atoms with Gasteiger partial charge in [0.2, 0.25) is 0 Å². The van der Waals surface area contributed by atoms with E-state index in [9.17, 15) is 0 Å². The second-order valence-electron chi connectivity index (χ2n) is 5.45. The van der Waals surface area contributed by atoms with Crippen LogP contribution in [-0.4, -0.2) is 39.8 Å². The molecule has 1 aliphatic heterocycles. The van der Waals surface area contributed by atoms with E-state index in [1.807, 2.05) is 24.0 Å². The van der Waals surface area contributed by atoms with Gasteiger partial charge in [0.15, 0.2) is 0 Å². The first kappa shape index (κ1) is 13.1. The quantitative estimate of drug-likeness (QED) is 0.839. The molecular weight excluding hydrogens is 252 g/mol. The number of pyridine rings is 1. The van der Waals surface area contributed by atoms with E-state index in [-0.39, 0.29) is 12.2 Å². The van der Waals surface area contributed by atoms with Gasteiger partial charge in [-0.25, -0.2) is 4.98 Å². The predicted octanol–water partition coefficient (Wildman–Crippen LogP) is 2.10. The van der Waals surface area contributed by atoms with E-state index >= 15 is 0 Å². The fourth-order valence-corrected chi connectivity index (χ4v) is 2.72. The summed E-state index contributed by atoms with van der Waals surface area (Å²) < 4.78 is 7.74. The molecule has 0 radical (unpaired) electrons. The van der Waals surface area contributed by atoms with Gasteiger partial charge in [-0.2, -0.15) is 0 Å². The summed E-state index contributed by atoms with van der Waals surface area (Å²) in [4.78, 5) is 11.0. The Bertz CT molecular complexity index is 568. The molecule has 0 N–H and O–H groups in total. The van der Waals surface area contributed by atoms with E-state index in [0.717, 1.165) is 30.2 Å². The number of morpholine rings is 1. The third-order valence-electron chi connectivity index (χ3n) is 3.61. The van der Waals surface area contributed by atoms with Crippen molar-refractivity contribution in [2.75, 3.05) is 18.0 Å². The third kappa shape index (κ3) is 2.54. The lowest BCUT2D eigenvalue weighted by atomic mass is 10.2. The maximum absolute atomic E-state index is 5.76. The summed E-state index contributed by atoms with van der Waals surface area (Å²) in [6.45, 7) is 6.05. The van der Waals surface area contributed by atoms with Crippen LogP contribution in [0, 0.1) is 0 Å². The molecule has 5 nitrogen and oxygen atoms in total. The SMILES string of the molecule is C[C@@H]1CN(c2ccc(-c3cncn3C)nc2)C[C@H](C)O1. The van der Waals surface area contributed by atoms with Crippen molar-refractivity contribution in [2.24, 2.45) is 7.05 Å². The lowest BCUT2D eigenvalue weighted by Gasteiger charge is -2.36. The number of hydrogen-bond acceptors (Lipinski definition) is 4. The Hall–Kier alpha value is -1.88. The van der Waals surface area contributed by atoms with Gasteiger partial charge in [0, 0.05) is 20.1 Å². The minimum absolute atomic E-state index is 0.260. The Balaban J connectivity index is 1.81. The third-order valence-corrected chi connectivity index (χ3v) is 3.61. The number of anilines is 1. The van der Waals surface area contributed by atoms with Gasteiger partial charge < -0.3 is 14.2 Å². The summed E-state index contributed by atoms with van der Waals surface area (Å²) in [6.07, 6.45) is 6.08. The van der Waals surface area contributed by atoms with Crippen LogP contribution >= 0.6 is 0 Å². The molecule has 1 aliphatic rings. The number of aryl methyl sites for hydroxylation is 1. The van der Waals surface area contributed by atoms with Crippen LogP contribution in [-0.2, 0) is 11.8 Å². The van der Waals surface area contributed by atoms with Gasteiger partial charge in [-0.1, -0.05) is 0 Å². The predicted molar refractivity (Wildman–Crippen MR) is 78.7 cm³/mol. The lowest BCUT2D eigenvalue weighted by Crippen LogP contribution is -2.45. The number of nitrogens with zero attached hydrogens (tertiary/aromatic N) is 4. The number of ether oxygens (including phenoxy) is 1. The van der Waals surface area contributed by atoms with Gasteiger partial charge in [-0.3, -0.25) is 4.98 Å². The molecule has 2 aromatic rings. The topological polar surface area (TPSA) is 43.2 Å². The van der Waals surface area contributed by atoms with Crippen LogP contribution in [0.5, 0.6) is 0 Å². The fraction of sp³-hybridized carbons (Fsp3) is 0.467. The van der Waals surface area contributed by atoms with E-state index in [0.29, 0.717) is 0 Å². The second-order valence-corrected chi connectivity index (χ2v) is 5.45. The van der Waals surface area contributed by atoms with E-state index in [1.54, 1.807) is 6.33 Å². The summed E-state index contributed by atoms with van der Waals surface area (Å²) in [5.41, 5.74) is 3.13. The maximum Gasteiger partial charge on any atom is 0.0948 e. The van der Waals surface area contributed by atoms with Gasteiger partial charge >= 0.3 is 0 Å². The summed E-state index contributed by atoms with van der Waals surface area (Å²) in [5.74, 6) is 0. The van der Waals surface area contributed by atoms with Gasteiger partial charge in [-0.15, -0.1) is 0 Å². The molecule has 0 saturated carbocycles. The van der Waals surface area contributed by atoms with Gasteiger partial charge in [0.25, 0.3) is 0 Å². The number of hydrogen-bond donors (Lipinski definition) is 0. The molecule has 1 fully saturated rings. The van der Waals surface area contributed by atoms with E-state index in [4.69, 9.17) is 4.74 Å². The molecule has 5 heteroatoms. The summed E-state index contributed by atoms with van der Waals surface area (Å²) in [6, 6.07) is 4.18.